The molecule has 0 unspecified atom stereocenters. The number of alkyl halides is 1. The van der Waals surface area contributed by atoms with Gasteiger partial charge in [0.15, 0.2) is 0 Å². The molecule has 0 spiro atoms. The first-order chi connectivity index (χ1) is 8.19. The third kappa shape index (κ3) is 3.12. The minimum absolute atomic E-state index is 0.0785. The Hall–Kier alpha value is -1.23. The molecule has 2 aromatic rings. The molecule has 90 valence electrons. The number of hydrogen-bond donors (Lipinski definition) is 1. The SMILES string of the molecule is C[I-]c1ccc(Oc2cccc(C)c2)c(N)c1. The van der Waals surface area contributed by atoms with Crippen LogP contribution in [0.2, 0.25) is 0 Å². The molecule has 17 heavy (non-hydrogen) atoms. The minimum atomic E-state index is 0.0785. The van der Waals surface area contributed by atoms with Crippen LogP contribution in [-0.4, -0.2) is 4.93 Å². The molecule has 2 N–H and O–H groups in total. The molecular weight excluding hydrogens is 325 g/mol. The summed E-state index contributed by atoms with van der Waals surface area (Å²) in [5, 5.41) is 0. The third-order valence-corrected chi connectivity index (χ3v) is 4.32. The van der Waals surface area contributed by atoms with Crippen LogP contribution in [0.3, 0.4) is 0 Å². The molecule has 3 heteroatoms. The molecule has 0 heterocycles. The second-order valence-electron chi connectivity index (χ2n) is 3.79. The zero-order valence-corrected chi connectivity index (χ0v) is 12.1. The van der Waals surface area contributed by atoms with Gasteiger partial charge >= 0.3 is 112 Å². The summed E-state index contributed by atoms with van der Waals surface area (Å²) in [6.07, 6.45) is 0. The molecule has 2 nitrogen and oxygen atoms in total. The molecule has 0 aliphatic rings. The van der Waals surface area contributed by atoms with E-state index < -0.39 is 0 Å². The fraction of sp³-hybridized carbons (Fsp3) is 0.143. The van der Waals surface area contributed by atoms with Crippen LogP contribution in [0.15, 0.2) is 42.5 Å². The Balaban J connectivity index is 2.24. The van der Waals surface area contributed by atoms with Crippen LogP contribution < -0.4 is 31.7 Å². The van der Waals surface area contributed by atoms with Crippen molar-refractivity contribution in [2.24, 2.45) is 0 Å². The predicted molar refractivity (Wildman–Crippen MR) is 66.7 cm³/mol. The van der Waals surface area contributed by atoms with E-state index in [4.69, 9.17) is 10.5 Å². The summed E-state index contributed by atoms with van der Waals surface area (Å²) in [5.74, 6) is 1.56. The average Bonchev–Trinajstić information content (AvgIpc) is 2.32. The first kappa shape index (κ1) is 12.2. The van der Waals surface area contributed by atoms with E-state index in [1.165, 1.54) is 9.13 Å². The number of hydrogen-bond acceptors (Lipinski definition) is 2. The monoisotopic (exact) mass is 340 g/mol. The fourth-order valence-electron chi connectivity index (χ4n) is 1.54. The molecule has 0 saturated carbocycles. The number of nitrogens with two attached hydrogens (primary N) is 1. The zero-order valence-electron chi connectivity index (χ0n) is 9.91. The van der Waals surface area contributed by atoms with E-state index in [-0.39, 0.29) is 21.2 Å². The van der Waals surface area contributed by atoms with Crippen LogP contribution in [0.25, 0.3) is 0 Å². The fourth-order valence-corrected chi connectivity index (χ4v) is 2.72. The molecule has 0 aromatic heterocycles. The molecule has 0 radical (unpaired) electrons. The summed E-state index contributed by atoms with van der Waals surface area (Å²) in [6, 6.07) is 14.0. The standard InChI is InChI=1S/C14H15INO/c1-10-4-3-5-12(8-10)17-14-7-6-11(15-2)9-13(14)16/h3-9H,16H2,1-2H3/q-1. The van der Waals surface area contributed by atoms with Gasteiger partial charge in [-0.15, -0.1) is 0 Å². The van der Waals surface area contributed by atoms with E-state index in [9.17, 15) is 0 Å². The van der Waals surface area contributed by atoms with Gasteiger partial charge in [-0.25, -0.2) is 0 Å². The van der Waals surface area contributed by atoms with Crippen molar-refractivity contribution in [1.29, 1.82) is 0 Å². The Morgan fingerprint density at radius 3 is 2.59 bits per heavy atom. The Kier molecular flexibility index (Phi) is 3.89. The summed E-state index contributed by atoms with van der Waals surface area (Å²) in [6.45, 7) is 2.04. The van der Waals surface area contributed by atoms with Gasteiger partial charge in [0.05, 0.1) is 0 Å². The summed E-state index contributed by atoms with van der Waals surface area (Å²) in [4.78, 5) is 2.22. The van der Waals surface area contributed by atoms with E-state index in [0.717, 1.165) is 11.5 Å². The van der Waals surface area contributed by atoms with Crippen molar-refractivity contribution in [1.82, 2.24) is 0 Å². The first-order valence-corrected chi connectivity index (χ1v) is 8.56. The van der Waals surface area contributed by atoms with Crippen LogP contribution in [0, 0.1) is 10.5 Å². The Bertz CT molecular complexity index is 525. The topological polar surface area (TPSA) is 35.2 Å². The normalized spacial score (nSPS) is 10.5. The van der Waals surface area contributed by atoms with Gasteiger partial charge in [0, 0.05) is 0 Å². The molecular formula is C14H15INO-. The Labute approximate surface area is 112 Å². The average molecular weight is 340 g/mol. The quantitative estimate of drug-likeness (QED) is 0.494. The van der Waals surface area contributed by atoms with Crippen LogP contribution in [0.1, 0.15) is 5.56 Å². The number of benzene rings is 2. The number of halogens is 1. The van der Waals surface area contributed by atoms with Crippen LogP contribution in [0.4, 0.5) is 5.69 Å². The van der Waals surface area contributed by atoms with Crippen molar-refractivity contribution in [3.05, 3.63) is 51.6 Å². The van der Waals surface area contributed by atoms with Crippen LogP contribution in [0.5, 0.6) is 11.5 Å². The van der Waals surface area contributed by atoms with Gasteiger partial charge < -0.3 is 0 Å². The van der Waals surface area contributed by atoms with Gasteiger partial charge in [-0.05, 0) is 0 Å². The maximum absolute atomic E-state index is 5.98. The number of anilines is 1. The molecule has 2 rings (SSSR count). The van der Waals surface area contributed by atoms with Gasteiger partial charge in [0.1, 0.15) is 0 Å². The second-order valence-corrected chi connectivity index (χ2v) is 6.11. The van der Waals surface area contributed by atoms with Gasteiger partial charge in [0.25, 0.3) is 0 Å². The number of nitrogen functional groups attached to an aromatic ring is 1. The number of ether oxygens (including phenoxy) is 1. The van der Waals surface area contributed by atoms with E-state index in [2.05, 4.69) is 11.0 Å². The molecule has 0 aliphatic heterocycles. The maximum atomic E-state index is 5.98. The predicted octanol–water partition coefficient (Wildman–Crippen LogP) is 0.258. The van der Waals surface area contributed by atoms with Crippen LogP contribution in [-0.2, 0) is 0 Å². The second kappa shape index (κ2) is 5.40. The van der Waals surface area contributed by atoms with Crippen molar-refractivity contribution < 1.29 is 25.9 Å². The van der Waals surface area contributed by atoms with Crippen molar-refractivity contribution >= 4 is 5.69 Å². The van der Waals surface area contributed by atoms with Gasteiger partial charge in [-0.2, -0.15) is 0 Å². The molecule has 0 aliphatic carbocycles. The summed E-state index contributed by atoms with van der Waals surface area (Å²) in [5.41, 5.74) is 7.87. The van der Waals surface area contributed by atoms with Crippen molar-refractivity contribution in [3.8, 4) is 11.5 Å². The summed E-state index contributed by atoms with van der Waals surface area (Å²) < 4.78 is 7.11. The molecule has 0 bridgehead atoms. The van der Waals surface area contributed by atoms with Crippen molar-refractivity contribution in [2.45, 2.75) is 6.92 Å². The van der Waals surface area contributed by atoms with Gasteiger partial charge in [-0.1, -0.05) is 0 Å². The molecule has 0 saturated heterocycles. The first-order valence-electron chi connectivity index (χ1n) is 5.32. The van der Waals surface area contributed by atoms with Gasteiger partial charge in [0.2, 0.25) is 0 Å². The summed E-state index contributed by atoms with van der Waals surface area (Å²) in [7, 11) is 0. The molecule has 0 amide bonds. The van der Waals surface area contributed by atoms with E-state index in [1.807, 2.05) is 43.3 Å². The van der Waals surface area contributed by atoms with E-state index in [1.54, 1.807) is 0 Å². The number of rotatable bonds is 3. The molecule has 0 atom stereocenters. The number of aryl methyl sites for hydroxylation is 1. The van der Waals surface area contributed by atoms with Crippen molar-refractivity contribution in [2.75, 3.05) is 10.7 Å². The zero-order chi connectivity index (χ0) is 12.3. The Morgan fingerprint density at radius 1 is 1.12 bits per heavy atom. The third-order valence-electron chi connectivity index (χ3n) is 2.41. The Morgan fingerprint density at radius 2 is 1.94 bits per heavy atom. The molecule has 2 aromatic carbocycles. The van der Waals surface area contributed by atoms with E-state index >= 15 is 0 Å². The van der Waals surface area contributed by atoms with Gasteiger partial charge in [-0.3, -0.25) is 0 Å². The van der Waals surface area contributed by atoms with Crippen LogP contribution >= 0.6 is 0 Å². The summed E-state index contributed by atoms with van der Waals surface area (Å²) >= 11 is 0.0785. The van der Waals surface area contributed by atoms with E-state index in [0.29, 0.717) is 5.69 Å². The molecule has 0 fully saturated rings. The van der Waals surface area contributed by atoms with Crippen molar-refractivity contribution in [3.63, 3.8) is 0 Å².